The Labute approximate surface area is 178 Å². The molecule has 1 aliphatic heterocycles. The number of nitrogens with zero attached hydrogens (tertiary/aromatic N) is 3. The van der Waals surface area contributed by atoms with Gasteiger partial charge in [-0.15, -0.1) is 0 Å². The fraction of sp³-hybridized carbons (Fsp3) is 0.231. The van der Waals surface area contributed by atoms with Crippen molar-refractivity contribution in [1.29, 1.82) is 5.26 Å². The van der Waals surface area contributed by atoms with Gasteiger partial charge in [0.15, 0.2) is 0 Å². The second-order valence-corrected chi connectivity index (χ2v) is 7.57. The first-order valence-corrected chi connectivity index (χ1v) is 10.4. The Morgan fingerprint density at radius 1 is 0.800 bits per heavy atom. The van der Waals surface area contributed by atoms with E-state index < -0.39 is 0 Å². The lowest BCUT2D eigenvalue weighted by Gasteiger charge is -2.37. The number of para-hydroxylation sites is 1. The van der Waals surface area contributed by atoms with Gasteiger partial charge in [-0.3, -0.25) is 4.79 Å². The number of rotatable bonds is 5. The van der Waals surface area contributed by atoms with Gasteiger partial charge in [0.05, 0.1) is 11.3 Å². The fourth-order valence-electron chi connectivity index (χ4n) is 4.14. The van der Waals surface area contributed by atoms with Crippen molar-refractivity contribution in [2.75, 3.05) is 31.1 Å². The molecule has 1 fully saturated rings. The summed E-state index contributed by atoms with van der Waals surface area (Å²) in [5.74, 6) is 0.234. The fourth-order valence-corrected chi connectivity index (χ4v) is 4.14. The molecule has 1 saturated heterocycles. The summed E-state index contributed by atoms with van der Waals surface area (Å²) in [5.41, 5.74) is 3.97. The summed E-state index contributed by atoms with van der Waals surface area (Å²) in [6.07, 6.45) is 0.461. The number of piperazine rings is 1. The Balaban J connectivity index is 1.45. The van der Waals surface area contributed by atoms with Crippen LogP contribution in [-0.2, 0) is 4.79 Å². The smallest absolute Gasteiger partial charge is 0.223 e. The van der Waals surface area contributed by atoms with Crippen LogP contribution >= 0.6 is 0 Å². The summed E-state index contributed by atoms with van der Waals surface area (Å²) >= 11 is 0. The van der Waals surface area contributed by atoms with E-state index in [4.69, 9.17) is 0 Å². The largest absolute Gasteiger partial charge is 0.367 e. The Morgan fingerprint density at radius 3 is 1.90 bits per heavy atom. The molecule has 3 aromatic carbocycles. The van der Waals surface area contributed by atoms with Gasteiger partial charge in [-0.1, -0.05) is 72.8 Å². The Bertz CT molecular complexity index is 979. The molecule has 4 rings (SSSR count). The molecule has 150 valence electrons. The third-order valence-electron chi connectivity index (χ3n) is 5.78. The van der Waals surface area contributed by atoms with Crippen molar-refractivity contribution < 1.29 is 4.79 Å². The molecule has 0 aromatic heterocycles. The molecule has 1 heterocycles. The van der Waals surface area contributed by atoms with E-state index in [9.17, 15) is 10.1 Å². The summed E-state index contributed by atoms with van der Waals surface area (Å²) < 4.78 is 0. The molecule has 0 unspecified atom stereocenters. The van der Waals surface area contributed by atoms with Crippen LogP contribution < -0.4 is 4.90 Å². The first-order chi connectivity index (χ1) is 14.8. The third-order valence-corrected chi connectivity index (χ3v) is 5.78. The summed E-state index contributed by atoms with van der Waals surface area (Å²) in [5, 5.41) is 9.36. The first-order valence-electron chi connectivity index (χ1n) is 10.4. The van der Waals surface area contributed by atoms with Gasteiger partial charge in [-0.05, 0) is 23.3 Å². The Morgan fingerprint density at radius 2 is 1.33 bits per heavy atom. The van der Waals surface area contributed by atoms with E-state index in [2.05, 4.69) is 35.2 Å². The van der Waals surface area contributed by atoms with Crippen molar-refractivity contribution in [2.45, 2.75) is 12.3 Å². The number of carbonyl (C=O) groups is 1. The lowest BCUT2D eigenvalue weighted by atomic mass is 9.88. The minimum atomic E-state index is 0.0530. The first kappa shape index (κ1) is 19.7. The summed E-state index contributed by atoms with van der Waals surface area (Å²) in [6, 6.07) is 30.5. The maximum absolute atomic E-state index is 13.2. The van der Waals surface area contributed by atoms with Gasteiger partial charge in [0.2, 0.25) is 5.91 Å². The molecule has 3 aromatic rings. The van der Waals surface area contributed by atoms with Crippen LogP contribution in [0.2, 0.25) is 0 Å². The van der Waals surface area contributed by atoms with Crippen LogP contribution in [0.1, 0.15) is 29.0 Å². The molecule has 0 aliphatic carbocycles. The molecule has 1 amide bonds. The number of hydrogen-bond acceptors (Lipinski definition) is 3. The molecule has 0 radical (unpaired) electrons. The molecular formula is C26H25N3O. The monoisotopic (exact) mass is 395 g/mol. The number of amides is 1. The molecular weight excluding hydrogens is 370 g/mol. The van der Waals surface area contributed by atoms with Crippen LogP contribution in [0, 0.1) is 11.3 Å². The standard InChI is InChI=1S/C26H25N3O/c27-20-23-13-7-8-14-25(23)28-15-17-29(18-16-28)26(30)19-24(21-9-3-1-4-10-21)22-11-5-2-6-12-22/h1-14,24H,15-19H2. The molecule has 4 heteroatoms. The summed E-state index contributed by atoms with van der Waals surface area (Å²) in [4.78, 5) is 17.3. The van der Waals surface area contributed by atoms with Gasteiger partial charge < -0.3 is 9.80 Å². The van der Waals surface area contributed by atoms with Gasteiger partial charge in [-0.25, -0.2) is 0 Å². The maximum Gasteiger partial charge on any atom is 0.223 e. The van der Waals surface area contributed by atoms with Crippen LogP contribution in [0.3, 0.4) is 0 Å². The second kappa shape index (κ2) is 9.28. The molecule has 0 saturated carbocycles. The zero-order chi connectivity index (χ0) is 20.8. The van der Waals surface area contributed by atoms with Crippen molar-refractivity contribution in [1.82, 2.24) is 4.90 Å². The zero-order valence-electron chi connectivity index (χ0n) is 16.9. The van der Waals surface area contributed by atoms with Crippen LogP contribution in [-0.4, -0.2) is 37.0 Å². The van der Waals surface area contributed by atoms with E-state index in [-0.39, 0.29) is 11.8 Å². The normalized spacial score (nSPS) is 13.9. The van der Waals surface area contributed by atoms with E-state index in [1.165, 1.54) is 11.1 Å². The number of nitriles is 1. The predicted molar refractivity (Wildman–Crippen MR) is 119 cm³/mol. The average molecular weight is 396 g/mol. The molecule has 0 atom stereocenters. The zero-order valence-corrected chi connectivity index (χ0v) is 16.9. The number of hydrogen-bond donors (Lipinski definition) is 0. The average Bonchev–Trinajstić information content (AvgIpc) is 2.83. The summed E-state index contributed by atoms with van der Waals surface area (Å²) in [7, 11) is 0. The number of benzene rings is 3. The number of carbonyl (C=O) groups excluding carboxylic acids is 1. The molecule has 0 spiro atoms. The molecule has 0 bridgehead atoms. The van der Waals surface area contributed by atoms with E-state index in [0.29, 0.717) is 25.1 Å². The Kier molecular flexibility index (Phi) is 6.10. The quantitative estimate of drug-likeness (QED) is 0.642. The minimum Gasteiger partial charge on any atom is -0.367 e. The number of anilines is 1. The maximum atomic E-state index is 13.2. The van der Waals surface area contributed by atoms with Gasteiger partial charge in [0, 0.05) is 38.5 Å². The van der Waals surface area contributed by atoms with Crippen molar-refractivity contribution in [3.05, 3.63) is 102 Å². The highest BCUT2D eigenvalue weighted by atomic mass is 16.2. The third kappa shape index (κ3) is 4.36. The summed E-state index contributed by atoms with van der Waals surface area (Å²) in [6.45, 7) is 2.83. The minimum absolute atomic E-state index is 0.0530. The highest BCUT2D eigenvalue weighted by Gasteiger charge is 2.26. The van der Waals surface area contributed by atoms with E-state index >= 15 is 0 Å². The molecule has 1 aliphatic rings. The van der Waals surface area contributed by atoms with Crippen LogP contribution in [0.15, 0.2) is 84.9 Å². The lowest BCUT2D eigenvalue weighted by molar-refractivity contribution is -0.131. The molecule has 4 nitrogen and oxygen atoms in total. The molecule has 30 heavy (non-hydrogen) atoms. The predicted octanol–water partition coefficient (Wildman–Crippen LogP) is 4.43. The van der Waals surface area contributed by atoms with Gasteiger partial charge >= 0.3 is 0 Å². The van der Waals surface area contributed by atoms with E-state index in [1.807, 2.05) is 65.6 Å². The van der Waals surface area contributed by atoms with Crippen molar-refractivity contribution in [2.24, 2.45) is 0 Å². The highest BCUT2D eigenvalue weighted by molar-refractivity contribution is 5.78. The van der Waals surface area contributed by atoms with Crippen molar-refractivity contribution in [3.63, 3.8) is 0 Å². The van der Waals surface area contributed by atoms with Gasteiger partial charge in [0.1, 0.15) is 6.07 Å². The van der Waals surface area contributed by atoms with Crippen LogP contribution in [0.25, 0.3) is 0 Å². The van der Waals surface area contributed by atoms with Gasteiger partial charge in [0.25, 0.3) is 0 Å². The molecule has 0 N–H and O–H groups in total. The van der Waals surface area contributed by atoms with E-state index in [1.54, 1.807) is 0 Å². The topological polar surface area (TPSA) is 47.3 Å². The SMILES string of the molecule is N#Cc1ccccc1N1CCN(C(=O)CC(c2ccccc2)c2ccccc2)CC1. The lowest BCUT2D eigenvalue weighted by Crippen LogP contribution is -2.49. The second-order valence-electron chi connectivity index (χ2n) is 7.57. The Hall–Kier alpha value is -3.58. The van der Waals surface area contributed by atoms with Gasteiger partial charge in [-0.2, -0.15) is 5.26 Å². The van der Waals surface area contributed by atoms with Crippen LogP contribution in [0.5, 0.6) is 0 Å². The highest BCUT2D eigenvalue weighted by Crippen LogP contribution is 2.29. The van der Waals surface area contributed by atoms with E-state index in [0.717, 1.165) is 18.8 Å². The van der Waals surface area contributed by atoms with Crippen LogP contribution in [0.4, 0.5) is 5.69 Å². The van der Waals surface area contributed by atoms with Crippen molar-refractivity contribution >= 4 is 11.6 Å². The van der Waals surface area contributed by atoms with Crippen molar-refractivity contribution in [3.8, 4) is 6.07 Å².